The third kappa shape index (κ3) is 12.0. The van der Waals surface area contributed by atoms with Gasteiger partial charge in [0.1, 0.15) is 0 Å². The van der Waals surface area contributed by atoms with E-state index in [9.17, 15) is 0 Å². The number of ether oxygens (including phenoxy) is 5. The summed E-state index contributed by atoms with van der Waals surface area (Å²) in [5.41, 5.74) is -0.358. The van der Waals surface area contributed by atoms with Gasteiger partial charge in [-0.25, -0.2) is 0 Å². The van der Waals surface area contributed by atoms with Crippen LogP contribution in [0.2, 0.25) is 0 Å². The molecule has 0 aromatic heterocycles. The van der Waals surface area contributed by atoms with Gasteiger partial charge in [0.25, 0.3) is 0 Å². The summed E-state index contributed by atoms with van der Waals surface area (Å²) in [5, 5.41) is 9.20. The van der Waals surface area contributed by atoms with Crippen molar-refractivity contribution in [3.63, 3.8) is 0 Å². The van der Waals surface area contributed by atoms with Crippen molar-refractivity contribution < 1.29 is 28.8 Å². The van der Waals surface area contributed by atoms with Gasteiger partial charge in [0.2, 0.25) is 0 Å². The molecule has 0 aliphatic rings. The monoisotopic (exact) mass is 358 g/mol. The van der Waals surface area contributed by atoms with E-state index >= 15 is 0 Å². The molecule has 1 N–H and O–H groups in total. The minimum Gasteiger partial charge on any atom is -0.394 e. The first-order valence-electron chi connectivity index (χ1n) is 6.71. The first-order chi connectivity index (χ1) is 9.68. The molecular formula is C13H27BrO6. The maximum atomic E-state index is 8.51. The van der Waals surface area contributed by atoms with E-state index in [1.165, 1.54) is 0 Å². The molecule has 0 radical (unpaired) electrons. The van der Waals surface area contributed by atoms with Crippen molar-refractivity contribution in [3.8, 4) is 0 Å². The van der Waals surface area contributed by atoms with E-state index in [4.69, 9.17) is 28.8 Å². The molecule has 1 atom stereocenters. The molecule has 0 saturated heterocycles. The van der Waals surface area contributed by atoms with E-state index < -0.39 is 0 Å². The van der Waals surface area contributed by atoms with Crippen LogP contribution in [0.1, 0.15) is 6.92 Å². The number of aliphatic hydroxyl groups is 1. The summed E-state index contributed by atoms with van der Waals surface area (Å²) in [5.74, 6) is 0. The standard InChI is InChI=1S/C13H27BrO6/c1-13(11-14,20-10-5-16-2)12-19-9-8-18-7-6-17-4-3-15/h15H,3-12H2,1-2H3. The third-order valence-corrected chi connectivity index (χ3v) is 3.59. The van der Waals surface area contributed by atoms with E-state index in [1.54, 1.807) is 7.11 Å². The molecule has 7 heteroatoms. The largest absolute Gasteiger partial charge is 0.394 e. The number of aliphatic hydroxyl groups excluding tert-OH is 1. The molecule has 20 heavy (non-hydrogen) atoms. The summed E-state index contributed by atoms with van der Waals surface area (Å²) in [6, 6.07) is 0. The lowest BCUT2D eigenvalue weighted by Crippen LogP contribution is -2.37. The Morgan fingerprint density at radius 3 is 2.05 bits per heavy atom. The van der Waals surface area contributed by atoms with Crippen LogP contribution >= 0.6 is 15.9 Å². The summed E-state index contributed by atoms with van der Waals surface area (Å²) < 4.78 is 26.6. The van der Waals surface area contributed by atoms with E-state index in [0.29, 0.717) is 58.2 Å². The average Bonchev–Trinajstić information content (AvgIpc) is 2.46. The number of hydrogen-bond acceptors (Lipinski definition) is 6. The zero-order valence-electron chi connectivity index (χ0n) is 12.4. The molecule has 1 unspecified atom stereocenters. The Hall–Kier alpha value is 0.240. The molecule has 0 fully saturated rings. The van der Waals surface area contributed by atoms with E-state index in [0.717, 1.165) is 0 Å². The van der Waals surface area contributed by atoms with Crippen LogP contribution in [0.3, 0.4) is 0 Å². The molecular weight excluding hydrogens is 332 g/mol. The summed E-state index contributed by atoms with van der Waals surface area (Å²) >= 11 is 3.43. The second kappa shape index (κ2) is 14.2. The van der Waals surface area contributed by atoms with Gasteiger partial charge in [0, 0.05) is 12.4 Å². The van der Waals surface area contributed by atoms with Crippen molar-refractivity contribution in [1.82, 2.24) is 0 Å². The topological polar surface area (TPSA) is 66.4 Å². The highest BCUT2D eigenvalue weighted by Gasteiger charge is 2.23. The number of halogens is 1. The predicted molar refractivity (Wildman–Crippen MR) is 79.6 cm³/mol. The fraction of sp³-hybridized carbons (Fsp3) is 1.00. The fourth-order valence-electron chi connectivity index (χ4n) is 1.28. The molecule has 0 bridgehead atoms. The third-order valence-electron chi connectivity index (χ3n) is 2.41. The number of rotatable bonds is 15. The van der Waals surface area contributed by atoms with Crippen LogP contribution in [0.25, 0.3) is 0 Å². The van der Waals surface area contributed by atoms with Crippen LogP contribution in [0.4, 0.5) is 0 Å². The molecule has 0 spiro atoms. The van der Waals surface area contributed by atoms with Crippen molar-refractivity contribution in [2.24, 2.45) is 0 Å². The molecule has 0 aromatic rings. The van der Waals surface area contributed by atoms with Gasteiger partial charge in [-0.1, -0.05) is 15.9 Å². The lowest BCUT2D eigenvalue weighted by atomic mass is 10.1. The minimum atomic E-state index is -0.358. The number of methoxy groups -OCH3 is 1. The lowest BCUT2D eigenvalue weighted by Gasteiger charge is -2.27. The Labute approximate surface area is 129 Å². The maximum absolute atomic E-state index is 8.51. The first kappa shape index (κ1) is 20.2. The summed E-state index contributed by atoms with van der Waals surface area (Å²) in [6.07, 6.45) is 0. The Kier molecular flexibility index (Phi) is 14.4. The molecule has 0 aliphatic carbocycles. The molecule has 0 aromatic carbocycles. The smallest absolute Gasteiger partial charge is 0.0984 e. The minimum absolute atomic E-state index is 0.0390. The second-order valence-corrected chi connectivity index (χ2v) is 4.99. The highest BCUT2D eigenvalue weighted by Crippen LogP contribution is 2.14. The molecule has 122 valence electrons. The quantitative estimate of drug-likeness (QED) is 0.345. The highest BCUT2D eigenvalue weighted by molar-refractivity contribution is 9.09. The van der Waals surface area contributed by atoms with Crippen LogP contribution in [-0.2, 0) is 23.7 Å². The Morgan fingerprint density at radius 1 is 0.900 bits per heavy atom. The zero-order chi connectivity index (χ0) is 15.1. The van der Waals surface area contributed by atoms with Crippen LogP contribution in [0, 0.1) is 0 Å². The van der Waals surface area contributed by atoms with Crippen molar-refractivity contribution in [3.05, 3.63) is 0 Å². The fourth-order valence-corrected chi connectivity index (χ4v) is 1.61. The average molecular weight is 359 g/mol. The van der Waals surface area contributed by atoms with Gasteiger partial charge in [0.15, 0.2) is 0 Å². The van der Waals surface area contributed by atoms with Crippen LogP contribution in [-0.4, -0.2) is 82.6 Å². The molecule has 0 aliphatic heterocycles. The van der Waals surface area contributed by atoms with Crippen molar-refractivity contribution in [2.45, 2.75) is 12.5 Å². The van der Waals surface area contributed by atoms with Crippen LogP contribution in [0.15, 0.2) is 0 Å². The Balaban J connectivity index is 3.45. The van der Waals surface area contributed by atoms with Gasteiger partial charge >= 0.3 is 0 Å². The van der Waals surface area contributed by atoms with E-state index in [-0.39, 0.29) is 12.2 Å². The van der Waals surface area contributed by atoms with Crippen LogP contribution < -0.4 is 0 Å². The van der Waals surface area contributed by atoms with Crippen molar-refractivity contribution in [1.29, 1.82) is 0 Å². The number of alkyl halides is 1. The zero-order valence-corrected chi connectivity index (χ0v) is 14.0. The predicted octanol–water partition coefficient (Wildman–Crippen LogP) is 0.845. The van der Waals surface area contributed by atoms with E-state index in [2.05, 4.69) is 15.9 Å². The molecule has 6 nitrogen and oxygen atoms in total. The maximum Gasteiger partial charge on any atom is 0.0984 e. The molecule has 0 amide bonds. The van der Waals surface area contributed by atoms with Crippen molar-refractivity contribution in [2.75, 3.05) is 71.9 Å². The van der Waals surface area contributed by atoms with Gasteiger partial charge < -0.3 is 28.8 Å². The Bertz CT molecular complexity index is 207. The number of hydrogen-bond donors (Lipinski definition) is 1. The van der Waals surface area contributed by atoms with Gasteiger partial charge in [0.05, 0.1) is 65.1 Å². The first-order valence-corrected chi connectivity index (χ1v) is 7.83. The summed E-state index contributed by atoms with van der Waals surface area (Å²) in [6.45, 7) is 5.99. The molecule has 0 heterocycles. The molecule has 0 rings (SSSR count). The summed E-state index contributed by atoms with van der Waals surface area (Å²) in [4.78, 5) is 0. The lowest BCUT2D eigenvalue weighted by molar-refractivity contribution is -0.0898. The van der Waals surface area contributed by atoms with Crippen molar-refractivity contribution >= 4 is 15.9 Å². The van der Waals surface area contributed by atoms with E-state index in [1.807, 2.05) is 6.92 Å². The SMILES string of the molecule is COCCOC(C)(CBr)COCCOCCOCCO. The Morgan fingerprint density at radius 2 is 1.50 bits per heavy atom. The van der Waals surface area contributed by atoms with Gasteiger partial charge in [-0.15, -0.1) is 0 Å². The van der Waals surface area contributed by atoms with Crippen LogP contribution in [0.5, 0.6) is 0 Å². The summed E-state index contributed by atoms with van der Waals surface area (Å²) in [7, 11) is 1.65. The normalized spacial score (nSPS) is 14.4. The van der Waals surface area contributed by atoms with Gasteiger partial charge in [-0.2, -0.15) is 0 Å². The molecule has 0 saturated carbocycles. The van der Waals surface area contributed by atoms with Gasteiger partial charge in [-0.3, -0.25) is 0 Å². The second-order valence-electron chi connectivity index (χ2n) is 4.43. The van der Waals surface area contributed by atoms with Gasteiger partial charge in [-0.05, 0) is 6.92 Å². The highest BCUT2D eigenvalue weighted by atomic mass is 79.9.